The molecule has 0 aliphatic carbocycles. The molecule has 0 heterocycles. The van der Waals surface area contributed by atoms with Gasteiger partial charge in [0.25, 0.3) is 0 Å². The zero-order valence-electron chi connectivity index (χ0n) is 11.3. The fraction of sp³-hybridized carbons (Fsp3) is 0.111. The van der Waals surface area contributed by atoms with E-state index in [0.717, 1.165) is 16.3 Å². The van der Waals surface area contributed by atoms with Gasteiger partial charge in [0.15, 0.2) is 11.5 Å². The molecule has 0 unspecified atom stereocenters. The monoisotopic (exact) mass is 264 g/mol. The van der Waals surface area contributed by atoms with Crippen molar-refractivity contribution in [2.24, 2.45) is 0 Å². The van der Waals surface area contributed by atoms with Crippen LogP contribution in [0.15, 0.2) is 60.7 Å². The van der Waals surface area contributed by atoms with E-state index in [4.69, 9.17) is 4.74 Å². The Morgan fingerprint density at radius 3 is 2.30 bits per heavy atom. The molecule has 0 bridgehead atoms. The largest absolute Gasteiger partial charge is 0.504 e. The maximum atomic E-state index is 10.0. The Bertz CT molecular complexity index is 747. The van der Waals surface area contributed by atoms with Gasteiger partial charge in [-0.2, -0.15) is 0 Å². The smallest absolute Gasteiger partial charge is 0.162 e. The van der Waals surface area contributed by atoms with Gasteiger partial charge in [0.2, 0.25) is 0 Å². The minimum absolute atomic E-state index is 0.178. The Balaban J connectivity index is 1.87. The summed E-state index contributed by atoms with van der Waals surface area (Å²) >= 11 is 0. The predicted molar refractivity (Wildman–Crippen MR) is 81.1 cm³/mol. The highest BCUT2D eigenvalue weighted by Crippen LogP contribution is 2.32. The lowest BCUT2D eigenvalue weighted by Gasteiger charge is -2.11. The van der Waals surface area contributed by atoms with Crippen LogP contribution in [0.1, 0.15) is 11.1 Å². The van der Waals surface area contributed by atoms with Crippen LogP contribution < -0.4 is 4.74 Å². The second-order valence-corrected chi connectivity index (χ2v) is 4.88. The topological polar surface area (TPSA) is 29.5 Å². The average molecular weight is 264 g/mol. The number of hydrogen-bond acceptors (Lipinski definition) is 2. The van der Waals surface area contributed by atoms with Crippen molar-refractivity contribution in [3.8, 4) is 11.5 Å². The Hall–Kier alpha value is -2.48. The van der Waals surface area contributed by atoms with Crippen molar-refractivity contribution in [3.63, 3.8) is 0 Å². The summed E-state index contributed by atoms with van der Waals surface area (Å²) < 4.78 is 5.76. The van der Waals surface area contributed by atoms with Gasteiger partial charge < -0.3 is 9.84 Å². The van der Waals surface area contributed by atoms with Gasteiger partial charge in [0.1, 0.15) is 6.61 Å². The summed E-state index contributed by atoms with van der Waals surface area (Å²) in [4.78, 5) is 0. The SMILES string of the molecule is Cc1ccccc1COc1cc2ccccc2cc1O. The van der Waals surface area contributed by atoms with Gasteiger partial charge >= 0.3 is 0 Å². The summed E-state index contributed by atoms with van der Waals surface area (Å²) in [5.74, 6) is 0.698. The molecular weight excluding hydrogens is 248 g/mol. The first-order valence-electron chi connectivity index (χ1n) is 6.63. The molecule has 0 aromatic heterocycles. The lowest BCUT2D eigenvalue weighted by molar-refractivity contribution is 0.289. The van der Waals surface area contributed by atoms with Crippen molar-refractivity contribution in [1.29, 1.82) is 0 Å². The molecular formula is C18H16O2. The molecule has 0 aliphatic heterocycles. The Kier molecular flexibility index (Phi) is 3.30. The van der Waals surface area contributed by atoms with Crippen LogP contribution in [0.3, 0.4) is 0 Å². The van der Waals surface area contributed by atoms with Crippen molar-refractivity contribution in [2.45, 2.75) is 13.5 Å². The number of benzene rings is 3. The van der Waals surface area contributed by atoms with Crippen molar-refractivity contribution in [2.75, 3.05) is 0 Å². The van der Waals surface area contributed by atoms with Crippen LogP contribution in [0.25, 0.3) is 10.8 Å². The predicted octanol–water partition coefficient (Wildman–Crippen LogP) is 4.43. The summed E-state index contributed by atoms with van der Waals surface area (Å²) in [5.41, 5.74) is 2.31. The second kappa shape index (κ2) is 5.25. The maximum Gasteiger partial charge on any atom is 0.162 e. The maximum absolute atomic E-state index is 10.0. The van der Waals surface area contributed by atoms with Crippen LogP contribution in [-0.4, -0.2) is 5.11 Å². The molecule has 0 atom stereocenters. The number of hydrogen-bond donors (Lipinski definition) is 1. The minimum Gasteiger partial charge on any atom is -0.504 e. The number of phenols is 1. The fourth-order valence-corrected chi connectivity index (χ4v) is 2.25. The van der Waals surface area contributed by atoms with E-state index in [1.54, 1.807) is 6.07 Å². The third kappa shape index (κ3) is 2.45. The van der Waals surface area contributed by atoms with E-state index in [2.05, 4.69) is 13.0 Å². The molecule has 100 valence electrons. The van der Waals surface area contributed by atoms with E-state index in [1.165, 1.54) is 5.56 Å². The third-order valence-electron chi connectivity index (χ3n) is 3.47. The molecule has 2 heteroatoms. The molecule has 0 saturated heterocycles. The van der Waals surface area contributed by atoms with E-state index in [0.29, 0.717) is 12.4 Å². The number of fused-ring (bicyclic) bond motifs is 1. The first kappa shape index (κ1) is 12.5. The highest BCUT2D eigenvalue weighted by atomic mass is 16.5. The molecule has 0 spiro atoms. The van der Waals surface area contributed by atoms with E-state index in [1.807, 2.05) is 48.5 Å². The first-order chi connectivity index (χ1) is 9.74. The summed E-state index contributed by atoms with van der Waals surface area (Å²) in [5, 5.41) is 12.1. The zero-order chi connectivity index (χ0) is 13.9. The van der Waals surface area contributed by atoms with Gasteiger partial charge in [-0.15, -0.1) is 0 Å². The first-order valence-corrected chi connectivity index (χ1v) is 6.63. The molecule has 0 aliphatic rings. The van der Waals surface area contributed by atoms with Crippen molar-refractivity contribution in [1.82, 2.24) is 0 Å². The van der Waals surface area contributed by atoms with E-state index in [-0.39, 0.29) is 5.75 Å². The fourth-order valence-electron chi connectivity index (χ4n) is 2.25. The molecule has 3 aromatic rings. The third-order valence-corrected chi connectivity index (χ3v) is 3.47. The van der Waals surface area contributed by atoms with Gasteiger partial charge in [-0.25, -0.2) is 0 Å². The molecule has 0 fully saturated rings. The van der Waals surface area contributed by atoms with Crippen LogP contribution >= 0.6 is 0 Å². The van der Waals surface area contributed by atoms with Crippen LogP contribution in [-0.2, 0) is 6.61 Å². The second-order valence-electron chi connectivity index (χ2n) is 4.88. The molecule has 0 radical (unpaired) electrons. The van der Waals surface area contributed by atoms with Gasteiger partial charge in [-0.3, -0.25) is 0 Å². The van der Waals surface area contributed by atoms with Gasteiger partial charge in [-0.1, -0.05) is 48.5 Å². The van der Waals surface area contributed by atoms with Crippen molar-refractivity contribution >= 4 is 10.8 Å². The lowest BCUT2D eigenvalue weighted by atomic mass is 10.1. The number of aromatic hydroxyl groups is 1. The summed E-state index contributed by atoms with van der Waals surface area (Å²) in [6, 6.07) is 19.6. The number of ether oxygens (including phenoxy) is 1. The van der Waals surface area contributed by atoms with E-state index in [9.17, 15) is 5.11 Å². The van der Waals surface area contributed by atoms with E-state index >= 15 is 0 Å². The van der Waals surface area contributed by atoms with Crippen molar-refractivity contribution < 1.29 is 9.84 Å². The average Bonchev–Trinajstić information content (AvgIpc) is 2.46. The quantitative estimate of drug-likeness (QED) is 0.758. The zero-order valence-corrected chi connectivity index (χ0v) is 11.3. The number of rotatable bonds is 3. The van der Waals surface area contributed by atoms with Gasteiger partial charge in [-0.05, 0) is 41.0 Å². The summed E-state index contributed by atoms with van der Waals surface area (Å²) in [6.45, 7) is 2.51. The molecule has 3 aromatic carbocycles. The lowest BCUT2D eigenvalue weighted by Crippen LogP contribution is -1.97. The minimum atomic E-state index is 0.178. The van der Waals surface area contributed by atoms with Gasteiger partial charge in [0, 0.05) is 0 Å². The summed E-state index contributed by atoms with van der Waals surface area (Å²) in [7, 11) is 0. The highest BCUT2D eigenvalue weighted by Gasteiger charge is 2.06. The Labute approximate surface area is 118 Å². The molecule has 0 amide bonds. The molecule has 0 saturated carbocycles. The molecule has 20 heavy (non-hydrogen) atoms. The Morgan fingerprint density at radius 2 is 1.55 bits per heavy atom. The Morgan fingerprint density at radius 1 is 0.900 bits per heavy atom. The standard InChI is InChI=1S/C18H16O2/c1-13-6-2-3-9-16(13)12-20-18-11-15-8-5-4-7-14(15)10-17(18)19/h2-11,19H,12H2,1H3. The highest BCUT2D eigenvalue weighted by molar-refractivity contribution is 5.85. The number of phenolic OH excluding ortho intramolecular Hbond substituents is 1. The van der Waals surface area contributed by atoms with Crippen molar-refractivity contribution in [3.05, 3.63) is 71.8 Å². The van der Waals surface area contributed by atoms with Crippen LogP contribution in [0, 0.1) is 6.92 Å². The number of aryl methyl sites for hydroxylation is 1. The van der Waals surface area contributed by atoms with E-state index < -0.39 is 0 Å². The summed E-state index contributed by atoms with van der Waals surface area (Å²) in [6.07, 6.45) is 0. The van der Waals surface area contributed by atoms with Crippen LogP contribution in [0.4, 0.5) is 0 Å². The molecule has 3 rings (SSSR count). The van der Waals surface area contributed by atoms with Crippen LogP contribution in [0.5, 0.6) is 11.5 Å². The molecule has 2 nitrogen and oxygen atoms in total. The van der Waals surface area contributed by atoms with Gasteiger partial charge in [0.05, 0.1) is 0 Å². The molecule has 1 N–H and O–H groups in total. The van der Waals surface area contributed by atoms with Crippen LogP contribution in [0.2, 0.25) is 0 Å². The normalized spacial score (nSPS) is 10.7.